The molecule has 1 atom stereocenters. The molecule has 1 N–H and O–H groups in total. The van der Waals surface area contributed by atoms with Crippen molar-refractivity contribution in [3.63, 3.8) is 0 Å². The minimum atomic E-state index is -0.569. The van der Waals surface area contributed by atoms with Gasteiger partial charge in [0.25, 0.3) is 5.91 Å². The molecule has 0 radical (unpaired) electrons. The summed E-state index contributed by atoms with van der Waals surface area (Å²) in [5.41, 5.74) is 2.15. The first-order valence-corrected chi connectivity index (χ1v) is 10.9. The molecule has 3 rings (SSSR count). The molecule has 160 valence electrons. The van der Waals surface area contributed by atoms with Gasteiger partial charge in [-0.1, -0.05) is 67.3 Å². The Bertz CT molecular complexity index is 814. The molecule has 1 saturated carbocycles. The quantitative estimate of drug-likeness (QED) is 0.711. The molecule has 0 bridgehead atoms. The highest BCUT2D eigenvalue weighted by atomic mass is 16.5. The number of nitrogens with one attached hydrogen (secondary N) is 1. The van der Waals surface area contributed by atoms with Crippen molar-refractivity contribution in [3.05, 3.63) is 65.7 Å². The molecular weight excluding hydrogens is 376 g/mol. The summed E-state index contributed by atoms with van der Waals surface area (Å²) in [6, 6.07) is 16.9. The van der Waals surface area contributed by atoms with Gasteiger partial charge in [0.2, 0.25) is 5.91 Å². The highest BCUT2D eigenvalue weighted by Gasteiger charge is 2.28. The standard InChI is InChI=1S/C25H32N2O3/c1-19-13-15-21(16-14-19)17-27(24(28)18-30-23-11-7-4-8-12-23)20(2)25(29)26-22-9-5-3-6-10-22/h4,7-8,11-16,20,22H,3,5-6,9-10,17-18H2,1-2H3,(H,26,29)/t20-/m1/s1. The lowest BCUT2D eigenvalue weighted by Gasteiger charge is -2.31. The van der Waals surface area contributed by atoms with Crippen LogP contribution in [0.25, 0.3) is 0 Å². The van der Waals surface area contributed by atoms with Crippen LogP contribution < -0.4 is 10.1 Å². The monoisotopic (exact) mass is 408 g/mol. The van der Waals surface area contributed by atoms with Gasteiger partial charge < -0.3 is 15.0 Å². The summed E-state index contributed by atoms with van der Waals surface area (Å²) >= 11 is 0. The van der Waals surface area contributed by atoms with Gasteiger partial charge >= 0.3 is 0 Å². The molecular formula is C25H32N2O3. The van der Waals surface area contributed by atoms with Crippen molar-refractivity contribution in [2.24, 2.45) is 0 Å². The number of aryl methyl sites for hydroxylation is 1. The molecule has 0 aromatic heterocycles. The summed E-state index contributed by atoms with van der Waals surface area (Å²) in [7, 11) is 0. The fraction of sp³-hybridized carbons (Fsp3) is 0.440. The van der Waals surface area contributed by atoms with Gasteiger partial charge in [0.05, 0.1) is 0 Å². The van der Waals surface area contributed by atoms with Gasteiger partial charge in [-0.05, 0) is 44.4 Å². The third-order valence-corrected chi connectivity index (χ3v) is 5.70. The summed E-state index contributed by atoms with van der Waals surface area (Å²) in [4.78, 5) is 27.6. The minimum Gasteiger partial charge on any atom is -0.484 e. The van der Waals surface area contributed by atoms with Crippen LogP contribution in [0.5, 0.6) is 5.75 Å². The third-order valence-electron chi connectivity index (χ3n) is 5.70. The molecule has 2 aromatic carbocycles. The summed E-state index contributed by atoms with van der Waals surface area (Å²) < 4.78 is 5.66. The van der Waals surface area contributed by atoms with Crippen LogP contribution in [0.1, 0.15) is 50.2 Å². The zero-order valence-electron chi connectivity index (χ0n) is 18.0. The Balaban J connectivity index is 1.68. The molecule has 1 aliphatic rings. The van der Waals surface area contributed by atoms with E-state index in [-0.39, 0.29) is 24.5 Å². The van der Waals surface area contributed by atoms with Crippen molar-refractivity contribution >= 4 is 11.8 Å². The number of hydrogen-bond donors (Lipinski definition) is 1. The molecule has 5 nitrogen and oxygen atoms in total. The van der Waals surface area contributed by atoms with Gasteiger partial charge in [-0.2, -0.15) is 0 Å². The van der Waals surface area contributed by atoms with Crippen molar-refractivity contribution in [2.45, 2.75) is 64.6 Å². The maximum absolute atomic E-state index is 13.0. The molecule has 1 fully saturated rings. The molecule has 0 saturated heterocycles. The molecule has 2 amide bonds. The van der Waals surface area contributed by atoms with Crippen LogP contribution in [-0.4, -0.2) is 35.4 Å². The number of rotatable bonds is 8. The molecule has 5 heteroatoms. The average Bonchev–Trinajstić information content (AvgIpc) is 2.78. The van der Waals surface area contributed by atoms with E-state index in [4.69, 9.17) is 4.74 Å². The second-order valence-electron chi connectivity index (χ2n) is 8.13. The van der Waals surface area contributed by atoms with Gasteiger partial charge in [0.15, 0.2) is 6.61 Å². The summed E-state index contributed by atoms with van der Waals surface area (Å²) in [5, 5.41) is 3.15. The predicted octanol–water partition coefficient (Wildman–Crippen LogP) is 4.24. The van der Waals surface area contributed by atoms with Crippen LogP contribution in [0.2, 0.25) is 0 Å². The number of carbonyl (C=O) groups is 2. The van der Waals surface area contributed by atoms with Crippen LogP contribution in [0, 0.1) is 6.92 Å². The van der Waals surface area contributed by atoms with Crippen LogP contribution in [-0.2, 0) is 16.1 Å². The second kappa shape index (κ2) is 10.8. The lowest BCUT2D eigenvalue weighted by molar-refractivity contribution is -0.142. The molecule has 0 aliphatic heterocycles. The Kier molecular flexibility index (Phi) is 7.89. The summed E-state index contributed by atoms with van der Waals surface area (Å²) in [6.07, 6.45) is 5.56. The summed E-state index contributed by atoms with van der Waals surface area (Å²) in [5.74, 6) is 0.341. The van der Waals surface area contributed by atoms with E-state index in [9.17, 15) is 9.59 Å². The maximum atomic E-state index is 13.0. The largest absolute Gasteiger partial charge is 0.484 e. The van der Waals surface area contributed by atoms with Crippen molar-refractivity contribution in [1.29, 1.82) is 0 Å². The Morgan fingerprint density at radius 2 is 1.70 bits per heavy atom. The van der Waals surface area contributed by atoms with E-state index in [2.05, 4.69) is 5.32 Å². The van der Waals surface area contributed by atoms with Crippen molar-refractivity contribution in [2.75, 3.05) is 6.61 Å². The van der Waals surface area contributed by atoms with E-state index in [1.807, 2.05) is 61.5 Å². The average molecular weight is 409 g/mol. The number of amides is 2. The summed E-state index contributed by atoms with van der Waals surface area (Å²) in [6.45, 7) is 4.10. The van der Waals surface area contributed by atoms with Gasteiger partial charge in [-0.15, -0.1) is 0 Å². The lowest BCUT2D eigenvalue weighted by atomic mass is 9.95. The fourth-order valence-electron chi connectivity index (χ4n) is 3.79. The lowest BCUT2D eigenvalue weighted by Crippen LogP contribution is -2.51. The number of para-hydroxylation sites is 1. The first-order valence-electron chi connectivity index (χ1n) is 10.9. The van der Waals surface area contributed by atoms with Gasteiger partial charge in [0.1, 0.15) is 11.8 Å². The van der Waals surface area contributed by atoms with E-state index in [1.54, 1.807) is 11.8 Å². The van der Waals surface area contributed by atoms with Crippen molar-refractivity contribution < 1.29 is 14.3 Å². The van der Waals surface area contributed by atoms with E-state index in [0.29, 0.717) is 12.3 Å². The zero-order valence-corrected chi connectivity index (χ0v) is 18.0. The van der Waals surface area contributed by atoms with E-state index >= 15 is 0 Å². The van der Waals surface area contributed by atoms with Crippen LogP contribution in [0.4, 0.5) is 0 Å². The van der Waals surface area contributed by atoms with Gasteiger partial charge in [-0.3, -0.25) is 9.59 Å². The predicted molar refractivity (Wildman–Crippen MR) is 118 cm³/mol. The van der Waals surface area contributed by atoms with Crippen molar-refractivity contribution in [1.82, 2.24) is 10.2 Å². The zero-order chi connectivity index (χ0) is 21.3. The van der Waals surface area contributed by atoms with Gasteiger partial charge in [0, 0.05) is 12.6 Å². The van der Waals surface area contributed by atoms with E-state index in [1.165, 1.54) is 6.42 Å². The first kappa shape index (κ1) is 21.9. The third kappa shape index (κ3) is 6.34. The molecule has 30 heavy (non-hydrogen) atoms. The first-order chi connectivity index (χ1) is 14.5. The Labute approximate surface area is 179 Å². The second-order valence-corrected chi connectivity index (χ2v) is 8.13. The number of benzene rings is 2. The Morgan fingerprint density at radius 1 is 1.03 bits per heavy atom. The molecule has 0 spiro atoms. The number of hydrogen-bond acceptors (Lipinski definition) is 3. The normalized spacial score (nSPS) is 15.3. The maximum Gasteiger partial charge on any atom is 0.261 e. The van der Waals surface area contributed by atoms with Crippen LogP contribution >= 0.6 is 0 Å². The molecule has 1 aliphatic carbocycles. The Hall–Kier alpha value is -2.82. The highest BCUT2D eigenvalue weighted by Crippen LogP contribution is 2.18. The fourth-order valence-corrected chi connectivity index (χ4v) is 3.79. The van der Waals surface area contributed by atoms with Crippen LogP contribution in [0.15, 0.2) is 54.6 Å². The smallest absolute Gasteiger partial charge is 0.261 e. The van der Waals surface area contributed by atoms with Crippen LogP contribution in [0.3, 0.4) is 0 Å². The van der Waals surface area contributed by atoms with Gasteiger partial charge in [-0.25, -0.2) is 0 Å². The number of ether oxygens (including phenoxy) is 1. The van der Waals surface area contributed by atoms with E-state index in [0.717, 1.165) is 36.8 Å². The SMILES string of the molecule is Cc1ccc(CN(C(=O)COc2ccccc2)[C@H](C)C(=O)NC2CCCCC2)cc1. The minimum absolute atomic E-state index is 0.0953. The molecule has 2 aromatic rings. The number of carbonyl (C=O) groups excluding carboxylic acids is 2. The topological polar surface area (TPSA) is 58.6 Å². The molecule has 0 heterocycles. The van der Waals surface area contributed by atoms with Crippen molar-refractivity contribution in [3.8, 4) is 5.75 Å². The molecule has 0 unspecified atom stereocenters. The number of nitrogens with zero attached hydrogens (tertiary/aromatic N) is 1. The highest BCUT2D eigenvalue weighted by molar-refractivity contribution is 5.88. The van der Waals surface area contributed by atoms with E-state index < -0.39 is 6.04 Å². The Morgan fingerprint density at radius 3 is 2.37 bits per heavy atom.